The van der Waals surface area contributed by atoms with E-state index in [1.165, 1.54) is 0 Å². The Balaban J connectivity index is 1.93. The summed E-state index contributed by atoms with van der Waals surface area (Å²) < 4.78 is 10.8. The van der Waals surface area contributed by atoms with E-state index in [1.807, 2.05) is 33.0 Å². The second-order valence-corrected chi connectivity index (χ2v) is 7.41. The lowest BCUT2D eigenvalue weighted by Gasteiger charge is -2.31. The Kier molecular flexibility index (Phi) is 5.23. The fourth-order valence-corrected chi connectivity index (χ4v) is 3.07. The Hall–Kier alpha value is -2.47. The molecule has 0 fully saturated rings. The molecule has 1 amide bonds. The number of aromatic nitrogens is 2. The van der Waals surface area contributed by atoms with Gasteiger partial charge in [0.1, 0.15) is 11.4 Å². The van der Waals surface area contributed by atoms with Crippen molar-refractivity contribution in [3.63, 3.8) is 0 Å². The summed E-state index contributed by atoms with van der Waals surface area (Å²) in [4.78, 5) is 23.0. The minimum Gasteiger partial charge on any atom is -0.443 e. The molecule has 0 unspecified atom stereocenters. The van der Waals surface area contributed by atoms with Crippen LogP contribution < -0.4 is 4.90 Å². The van der Waals surface area contributed by atoms with E-state index >= 15 is 0 Å². The van der Waals surface area contributed by atoms with Gasteiger partial charge in [0.15, 0.2) is 0 Å². The number of anilines is 1. The first-order valence-corrected chi connectivity index (χ1v) is 8.80. The summed E-state index contributed by atoms with van der Waals surface area (Å²) in [6.45, 7) is 6.74. The lowest BCUT2D eigenvalue weighted by molar-refractivity contribution is 0.0576. The van der Waals surface area contributed by atoms with Crippen LogP contribution in [0.4, 0.5) is 10.6 Å². The molecule has 0 aromatic carbocycles. The molecule has 138 valence electrons. The number of methoxy groups -OCH3 is 1. The Labute approximate surface area is 154 Å². The van der Waals surface area contributed by atoms with Crippen LogP contribution in [-0.2, 0) is 22.5 Å². The second kappa shape index (κ2) is 7.41. The summed E-state index contributed by atoms with van der Waals surface area (Å²) in [7, 11) is 1.67. The molecule has 1 aliphatic heterocycles. The minimum absolute atomic E-state index is 0.347. The molecule has 1 aliphatic rings. The zero-order chi connectivity index (χ0) is 18.7. The number of aryl methyl sites for hydroxylation is 1. The predicted molar refractivity (Wildman–Crippen MR) is 100 cm³/mol. The van der Waals surface area contributed by atoms with E-state index in [2.05, 4.69) is 16.0 Å². The molecule has 6 heteroatoms. The maximum absolute atomic E-state index is 12.5. The van der Waals surface area contributed by atoms with Gasteiger partial charge in [-0.2, -0.15) is 0 Å². The van der Waals surface area contributed by atoms with Gasteiger partial charge >= 0.3 is 6.09 Å². The van der Waals surface area contributed by atoms with Gasteiger partial charge in [0.2, 0.25) is 0 Å². The summed E-state index contributed by atoms with van der Waals surface area (Å²) in [6, 6.07) is 4.04. The molecule has 3 rings (SSSR count). The molecule has 0 saturated heterocycles. The van der Waals surface area contributed by atoms with Crippen molar-refractivity contribution in [2.75, 3.05) is 18.6 Å². The standard InChI is InChI=1S/C20H25N3O3/c1-20(2,3)26-19(24)23-9-5-6-14-10-16(11-22-18(14)23)17-12-21-8-7-15(17)13-25-4/h7-8,10-12H,5-6,9,13H2,1-4H3. The number of amides is 1. The van der Waals surface area contributed by atoms with Crippen molar-refractivity contribution < 1.29 is 14.3 Å². The highest BCUT2D eigenvalue weighted by Gasteiger charge is 2.28. The first kappa shape index (κ1) is 18.3. The third-order valence-electron chi connectivity index (χ3n) is 4.16. The van der Waals surface area contributed by atoms with Crippen LogP contribution in [0.15, 0.2) is 30.7 Å². The third kappa shape index (κ3) is 4.02. The molecule has 0 spiro atoms. The van der Waals surface area contributed by atoms with Gasteiger partial charge in [0.05, 0.1) is 6.61 Å². The Morgan fingerprint density at radius 3 is 2.85 bits per heavy atom. The van der Waals surface area contributed by atoms with E-state index in [-0.39, 0.29) is 6.09 Å². The van der Waals surface area contributed by atoms with E-state index < -0.39 is 5.60 Å². The minimum atomic E-state index is -0.528. The molecule has 26 heavy (non-hydrogen) atoms. The topological polar surface area (TPSA) is 64.6 Å². The van der Waals surface area contributed by atoms with Crippen LogP contribution in [0.2, 0.25) is 0 Å². The lowest BCUT2D eigenvalue weighted by atomic mass is 9.99. The number of fused-ring (bicyclic) bond motifs is 1. The highest BCUT2D eigenvalue weighted by Crippen LogP contribution is 2.31. The zero-order valence-corrected chi connectivity index (χ0v) is 15.8. The van der Waals surface area contributed by atoms with Gasteiger partial charge in [-0.3, -0.25) is 9.88 Å². The molecular formula is C20H25N3O3. The predicted octanol–water partition coefficient (Wildman–Crippen LogP) is 3.98. The van der Waals surface area contributed by atoms with E-state index in [9.17, 15) is 4.79 Å². The molecule has 0 saturated carbocycles. The molecule has 3 heterocycles. The lowest BCUT2D eigenvalue weighted by Crippen LogP contribution is -2.40. The second-order valence-electron chi connectivity index (χ2n) is 7.41. The van der Waals surface area contributed by atoms with Crippen molar-refractivity contribution >= 4 is 11.9 Å². The molecule has 6 nitrogen and oxygen atoms in total. The fourth-order valence-electron chi connectivity index (χ4n) is 3.07. The normalized spacial score (nSPS) is 14.1. The first-order valence-electron chi connectivity index (χ1n) is 8.80. The monoisotopic (exact) mass is 355 g/mol. The number of rotatable bonds is 3. The van der Waals surface area contributed by atoms with E-state index in [1.54, 1.807) is 24.4 Å². The van der Waals surface area contributed by atoms with E-state index in [0.29, 0.717) is 19.0 Å². The summed E-state index contributed by atoms with van der Waals surface area (Å²) in [5.74, 6) is 0.687. The summed E-state index contributed by atoms with van der Waals surface area (Å²) in [6.07, 6.45) is 6.79. The SMILES string of the molecule is COCc1ccncc1-c1cnc2c(c1)CCCN2C(=O)OC(C)(C)C. The van der Waals surface area contributed by atoms with Crippen molar-refractivity contribution in [2.45, 2.75) is 45.8 Å². The Bertz CT molecular complexity index is 799. The van der Waals surface area contributed by atoms with Gasteiger partial charge in [0.25, 0.3) is 0 Å². The van der Waals surface area contributed by atoms with E-state index in [0.717, 1.165) is 35.1 Å². The molecule has 0 N–H and O–H groups in total. The zero-order valence-electron chi connectivity index (χ0n) is 15.8. The van der Waals surface area contributed by atoms with Crippen LogP contribution in [0.5, 0.6) is 0 Å². The van der Waals surface area contributed by atoms with Crippen molar-refractivity contribution in [3.8, 4) is 11.1 Å². The number of hydrogen-bond acceptors (Lipinski definition) is 5. The highest BCUT2D eigenvalue weighted by atomic mass is 16.6. The number of hydrogen-bond donors (Lipinski definition) is 0. The van der Waals surface area contributed by atoms with Crippen molar-refractivity contribution in [3.05, 3.63) is 41.9 Å². The quantitative estimate of drug-likeness (QED) is 0.833. The average molecular weight is 355 g/mol. The van der Waals surface area contributed by atoms with Gasteiger partial charge < -0.3 is 9.47 Å². The largest absolute Gasteiger partial charge is 0.443 e. The molecular weight excluding hydrogens is 330 g/mol. The molecule has 0 radical (unpaired) electrons. The van der Waals surface area contributed by atoms with Crippen LogP contribution in [0, 0.1) is 0 Å². The van der Waals surface area contributed by atoms with Gasteiger partial charge in [-0.25, -0.2) is 9.78 Å². The Morgan fingerprint density at radius 2 is 2.12 bits per heavy atom. The van der Waals surface area contributed by atoms with Crippen LogP contribution >= 0.6 is 0 Å². The van der Waals surface area contributed by atoms with Gasteiger partial charge in [-0.1, -0.05) is 0 Å². The number of carbonyl (C=O) groups is 1. The average Bonchev–Trinajstić information content (AvgIpc) is 2.60. The van der Waals surface area contributed by atoms with Gasteiger partial charge in [-0.05, 0) is 56.9 Å². The molecule has 0 atom stereocenters. The Morgan fingerprint density at radius 1 is 1.31 bits per heavy atom. The maximum atomic E-state index is 12.5. The van der Waals surface area contributed by atoms with Crippen molar-refractivity contribution in [1.29, 1.82) is 0 Å². The summed E-state index contributed by atoms with van der Waals surface area (Å²) in [5, 5.41) is 0. The summed E-state index contributed by atoms with van der Waals surface area (Å²) in [5.41, 5.74) is 3.56. The van der Waals surface area contributed by atoms with Crippen LogP contribution in [0.25, 0.3) is 11.1 Å². The van der Waals surface area contributed by atoms with Crippen LogP contribution in [-0.4, -0.2) is 35.3 Å². The number of ether oxygens (including phenoxy) is 2. The third-order valence-corrected chi connectivity index (χ3v) is 4.16. The summed E-state index contributed by atoms with van der Waals surface area (Å²) >= 11 is 0. The number of carbonyl (C=O) groups excluding carboxylic acids is 1. The van der Waals surface area contributed by atoms with Gasteiger partial charge in [0, 0.05) is 43.4 Å². The maximum Gasteiger partial charge on any atom is 0.416 e. The van der Waals surface area contributed by atoms with Crippen LogP contribution in [0.3, 0.4) is 0 Å². The van der Waals surface area contributed by atoms with Crippen molar-refractivity contribution in [2.24, 2.45) is 0 Å². The van der Waals surface area contributed by atoms with Crippen LogP contribution in [0.1, 0.15) is 38.3 Å². The highest BCUT2D eigenvalue weighted by molar-refractivity contribution is 5.88. The number of nitrogens with zero attached hydrogens (tertiary/aromatic N) is 3. The molecule has 2 aromatic rings. The molecule has 0 bridgehead atoms. The smallest absolute Gasteiger partial charge is 0.416 e. The number of pyridine rings is 2. The molecule has 0 aliphatic carbocycles. The van der Waals surface area contributed by atoms with Crippen molar-refractivity contribution in [1.82, 2.24) is 9.97 Å². The first-order chi connectivity index (χ1) is 12.4. The van der Waals surface area contributed by atoms with E-state index in [4.69, 9.17) is 9.47 Å². The molecule has 2 aromatic heterocycles. The van der Waals surface area contributed by atoms with Gasteiger partial charge in [-0.15, -0.1) is 0 Å². The fraction of sp³-hybridized carbons (Fsp3) is 0.450.